The molecule has 3 aliphatic rings. The number of aromatic nitrogens is 1. The number of amides is 1. The number of likely N-dealkylation sites (tertiary alicyclic amines) is 1. The molecule has 0 spiro atoms. The lowest BCUT2D eigenvalue weighted by Gasteiger charge is -2.35. The number of pyridine rings is 1. The van der Waals surface area contributed by atoms with Gasteiger partial charge < -0.3 is 20.3 Å². The molecular weight excluding hydrogens is 528 g/mol. The van der Waals surface area contributed by atoms with Gasteiger partial charge in [0.2, 0.25) is 5.91 Å². The molecule has 3 N–H and O–H groups in total. The number of carbonyl (C=O) groups excluding carboxylic acids is 1. The monoisotopic (exact) mass is 557 g/mol. The third kappa shape index (κ3) is 10.8. The van der Waals surface area contributed by atoms with Gasteiger partial charge in [0.05, 0.1) is 6.10 Å². The van der Waals surface area contributed by atoms with Gasteiger partial charge in [-0.1, -0.05) is 0 Å². The first-order valence-electron chi connectivity index (χ1n) is 11.8. The molecule has 0 radical (unpaired) electrons. The van der Waals surface area contributed by atoms with Crippen molar-refractivity contribution in [1.82, 2.24) is 15.2 Å². The van der Waals surface area contributed by atoms with Gasteiger partial charge in [-0.25, -0.2) is 9.59 Å². The summed E-state index contributed by atoms with van der Waals surface area (Å²) in [6.07, 6.45) is 0.0698. The van der Waals surface area contributed by atoms with Crippen LogP contribution in [0.15, 0.2) is 24.5 Å². The number of halogens is 6. The van der Waals surface area contributed by atoms with Gasteiger partial charge in [-0.15, -0.1) is 0 Å². The summed E-state index contributed by atoms with van der Waals surface area (Å²) in [5, 5.41) is 17.3. The number of carboxylic acids is 2. The Kier molecular flexibility index (Phi) is 11.3. The zero-order chi connectivity index (χ0) is 28.5. The Morgan fingerprint density at radius 1 is 0.947 bits per heavy atom. The van der Waals surface area contributed by atoms with Crippen LogP contribution < -0.4 is 5.32 Å². The summed E-state index contributed by atoms with van der Waals surface area (Å²) in [6.45, 7) is 3.04. The van der Waals surface area contributed by atoms with E-state index in [1.165, 1.54) is 24.9 Å². The average molecular weight is 557 g/mol. The molecule has 2 aliphatic heterocycles. The summed E-state index contributed by atoms with van der Waals surface area (Å²) in [4.78, 5) is 36.8. The van der Waals surface area contributed by atoms with Crippen LogP contribution in [0.5, 0.6) is 0 Å². The minimum absolute atomic E-state index is 0.0585. The van der Waals surface area contributed by atoms with E-state index in [9.17, 15) is 31.1 Å². The number of aliphatic carboxylic acids is 2. The van der Waals surface area contributed by atoms with Crippen LogP contribution in [0.2, 0.25) is 0 Å². The van der Waals surface area contributed by atoms with E-state index in [2.05, 4.69) is 15.2 Å². The SMILES string of the molecule is O=C(NCCc1ccncc1)[C@H]1CC[C@@H]2[C@@H](CCN2CC2CC2)O1.O=C(O)C(F)(F)F.O=C(O)C(F)(F)F. The van der Waals surface area contributed by atoms with Crippen LogP contribution in [-0.2, 0) is 25.5 Å². The molecular formula is C23H29F6N3O6. The maximum Gasteiger partial charge on any atom is 0.490 e. The van der Waals surface area contributed by atoms with Gasteiger partial charge in [0.25, 0.3) is 0 Å². The lowest BCUT2D eigenvalue weighted by molar-refractivity contribution is -0.193. The van der Waals surface area contributed by atoms with Crippen molar-refractivity contribution in [2.24, 2.45) is 5.92 Å². The fraction of sp³-hybridized carbons (Fsp3) is 0.652. The topological polar surface area (TPSA) is 129 Å². The van der Waals surface area contributed by atoms with Gasteiger partial charge in [-0.2, -0.15) is 26.3 Å². The highest BCUT2D eigenvalue weighted by Crippen LogP contribution is 2.36. The van der Waals surface area contributed by atoms with Crippen molar-refractivity contribution >= 4 is 17.8 Å². The van der Waals surface area contributed by atoms with E-state index in [1.807, 2.05) is 12.1 Å². The number of carboxylic acid groups (broad SMARTS) is 2. The maximum absolute atomic E-state index is 12.4. The van der Waals surface area contributed by atoms with Crippen LogP contribution in [0.25, 0.3) is 0 Å². The van der Waals surface area contributed by atoms with Crippen molar-refractivity contribution in [3.63, 3.8) is 0 Å². The largest absolute Gasteiger partial charge is 0.490 e. The van der Waals surface area contributed by atoms with Crippen LogP contribution in [0.3, 0.4) is 0 Å². The minimum atomic E-state index is -5.08. The zero-order valence-electron chi connectivity index (χ0n) is 20.2. The van der Waals surface area contributed by atoms with Gasteiger partial charge in [0.15, 0.2) is 0 Å². The molecule has 1 amide bonds. The molecule has 4 rings (SSSR count). The van der Waals surface area contributed by atoms with E-state index in [4.69, 9.17) is 24.5 Å². The summed E-state index contributed by atoms with van der Waals surface area (Å²) >= 11 is 0. The van der Waals surface area contributed by atoms with Crippen molar-refractivity contribution in [3.05, 3.63) is 30.1 Å². The Morgan fingerprint density at radius 3 is 2.00 bits per heavy atom. The number of rotatable bonds is 6. The summed E-state index contributed by atoms with van der Waals surface area (Å²) in [7, 11) is 0. The minimum Gasteiger partial charge on any atom is -0.475 e. The Hall–Kier alpha value is -2.94. The fourth-order valence-electron chi connectivity index (χ4n) is 4.06. The standard InChI is InChI=1S/C19H27N3O2.2C2HF3O2/c23-19(21-11-7-14-5-9-20-10-6-14)18-4-3-16-17(24-18)8-12-22(16)13-15-1-2-15;2*3-2(4,5)1(6)7/h5-6,9-10,15-18H,1-4,7-8,11-13H2,(H,21,23);2*(H,6,7)/t16-,17-,18-;;/m1../s1. The molecule has 0 unspecified atom stereocenters. The maximum atomic E-state index is 12.4. The molecule has 15 heteroatoms. The van der Waals surface area contributed by atoms with Crippen molar-refractivity contribution in [2.45, 2.75) is 69.1 Å². The highest BCUT2D eigenvalue weighted by molar-refractivity contribution is 5.80. The molecule has 2 saturated heterocycles. The number of ether oxygens (including phenoxy) is 1. The molecule has 3 atom stereocenters. The average Bonchev–Trinajstić information content (AvgIpc) is 3.57. The molecule has 1 aliphatic carbocycles. The van der Waals surface area contributed by atoms with Gasteiger partial charge >= 0.3 is 24.3 Å². The van der Waals surface area contributed by atoms with E-state index in [1.54, 1.807) is 12.4 Å². The van der Waals surface area contributed by atoms with Crippen molar-refractivity contribution < 1.29 is 55.7 Å². The number of carbonyl (C=O) groups is 3. The number of fused-ring (bicyclic) bond motifs is 1. The number of hydrogen-bond donors (Lipinski definition) is 3. The van der Waals surface area contributed by atoms with E-state index in [0.717, 1.165) is 38.1 Å². The zero-order valence-corrected chi connectivity index (χ0v) is 20.2. The van der Waals surface area contributed by atoms with Crippen LogP contribution >= 0.6 is 0 Å². The van der Waals surface area contributed by atoms with Crippen molar-refractivity contribution in [1.29, 1.82) is 0 Å². The third-order valence-corrected chi connectivity index (χ3v) is 6.09. The number of alkyl halides is 6. The first kappa shape index (κ1) is 31.3. The molecule has 1 aromatic rings. The quantitative estimate of drug-likeness (QED) is 0.456. The van der Waals surface area contributed by atoms with Crippen LogP contribution in [-0.4, -0.2) is 88.2 Å². The van der Waals surface area contributed by atoms with E-state index in [0.29, 0.717) is 12.6 Å². The normalized spacial score (nSPS) is 23.2. The summed E-state index contributed by atoms with van der Waals surface area (Å²) < 4.78 is 69.6. The van der Waals surface area contributed by atoms with Gasteiger partial charge in [-0.3, -0.25) is 14.7 Å². The van der Waals surface area contributed by atoms with Gasteiger partial charge in [0, 0.05) is 38.1 Å². The molecule has 214 valence electrons. The number of nitrogens with one attached hydrogen (secondary N) is 1. The van der Waals surface area contributed by atoms with Crippen LogP contribution in [0.1, 0.15) is 37.7 Å². The second kappa shape index (κ2) is 13.7. The van der Waals surface area contributed by atoms with E-state index < -0.39 is 24.3 Å². The molecule has 3 heterocycles. The second-order valence-corrected chi connectivity index (χ2v) is 9.04. The molecule has 1 saturated carbocycles. The highest BCUT2D eigenvalue weighted by atomic mass is 19.4. The van der Waals surface area contributed by atoms with E-state index in [-0.39, 0.29) is 18.1 Å². The predicted molar refractivity (Wildman–Crippen MR) is 119 cm³/mol. The van der Waals surface area contributed by atoms with Gasteiger partial charge in [0.1, 0.15) is 6.10 Å². The molecule has 38 heavy (non-hydrogen) atoms. The Morgan fingerprint density at radius 2 is 1.50 bits per heavy atom. The highest BCUT2D eigenvalue weighted by Gasteiger charge is 2.43. The molecule has 9 nitrogen and oxygen atoms in total. The smallest absolute Gasteiger partial charge is 0.475 e. The Balaban J connectivity index is 0.000000301. The van der Waals surface area contributed by atoms with Crippen molar-refractivity contribution in [2.75, 3.05) is 19.6 Å². The second-order valence-electron chi connectivity index (χ2n) is 9.04. The van der Waals surface area contributed by atoms with Crippen molar-refractivity contribution in [3.8, 4) is 0 Å². The first-order valence-corrected chi connectivity index (χ1v) is 11.8. The molecule has 0 bridgehead atoms. The summed E-state index contributed by atoms with van der Waals surface area (Å²) in [5.41, 5.74) is 1.20. The molecule has 3 fully saturated rings. The number of hydrogen-bond acceptors (Lipinski definition) is 6. The summed E-state index contributed by atoms with van der Waals surface area (Å²) in [6, 6.07) is 4.52. The Bertz CT molecular complexity index is 902. The first-order chi connectivity index (χ1) is 17.7. The van der Waals surface area contributed by atoms with Crippen LogP contribution in [0, 0.1) is 5.92 Å². The summed E-state index contributed by atoms with van der Waals surface area (Å²) in [5.74, 6) is -4.53. The fourth-order valence-corrected chi connectivity index (χ4v) is 4.06. The van der Waals surface area contributed by atoms with E-state index >= 15 is 0 Å². The van der Waals surface area contributed by atoms with Gasteiger partial charge in [-0.05, 0) is 62.1 Å². The lowest BCUT2D eigenvalue weighted by Crippen LogP contribution is -2.48. The van der Waals surface area contributed by atoms with Crippen LogP contribution in [0.4, 0.5) is 26.3 Å². The molecule has 1 aromatic heterocycles. The number of nitrogens with zero attached hydrogens (tertiary/aromatic N) is 2. The third-order valence-electron chi connectivity index (χ3n) is 6.09. The lowest BCUT2D eigenvalue weighted by atomic mass is 9.98. The molecule has 0 aromatic carbocycles. The predicted octanol–water partition coefficient (Wildman–Crippen LogP) is 3.04. The Labute approximate surface area is 214 Å².